The molecule has 1 spiro atoms. The maximum Gasteiger partial charge on any atom is 0.311 e. The first-order valence-corrected chi connectivity index (χ1v) is 9.69. The van der Waals surface area contributed by atoms with Gasteiger partial charge in [-0.3, -0.25) is 19.3 Å². The number of rotatable bonds is 7. The van der Waals surface area contributed by atoms with Crippen LogP contribution in [-0.4, -0.2) is 60.7 Å². The number of nitrogens with zero attached hydrogens (tertiary/aromatic N) is 2. The summed E-state index contributed by atoms with van der Waals surface area (Å²) in [6, 6.07) is 10.2. The van der Waals surface area contributed by atoms with Crippen LogP contribution in [0, 0.1) is 5.92 Å². The third-order valence-electron chi connectivity index (χ3n) is 5.66. The molecule has 0 aliphatic carbocycles. The molecule has 2 heterocycles. The number of hydroxylamine groups is 2. The van der Waals surface area contributed by atoms with E-state index >= 15 is 0 Å². The molecule has 1 amide bonds. The summed E-state index contributed by atoms with van der Waals surface area (Å²) in [6.07, 6.45) is 7.36. The van der Waals surface area contributed by atoms with Crippen molar-refractivity contribution in [1.82, 2.24) is 9.96 Å². The Morgan fingerprint density at radius 1 is 1.29 bits per heavy atom. The van der Waals surface area contributed by atoms with Gasteiger partial charge in [0.05, 0.1) is 25.2 Å². The van der Waals surface area contributed by atoms with Crippen LogP contribution in [0.1, 0.15) is 24.8 Å². The maximum absolute atomic E-state index is 12.5. The normalized spacial score (nSPS) is 22.1. The van der Waals surface area contributed by atoms with Gasteiger partial charge in [-0.15, -0.1) is 6.58 Å². The number of hydrogen-bond acceptors (Lipinski definition) is 5. The SMILES string of the molecule is C=CCON1C(=O)CC(C(=O)OC)C12CCN(C/C=C/c1ccccc1)CC2. The van der Waals surface area contributed by atoms with E-state index in [-0.39, 0.29) is 24.9 Å². The maximum atomic E-state index is 12.5. The van der Waals surface area contributed by atoms with Gasteiger partial charge in [0, 0.05) is 26.1 Å². The number of likely N-dealkylation sites (tertiary alicyclic amines) is 1. The molecule has 150 valence electrons. The smallest absolute Gasteiger partial charge is 0.311 e. The van der Waals surface area contributed by atoms with Gasteiger partial charge in [0.25, 0.3) is 0 Å². The Morgan fingerprint density at radius 2 is 2.00 bits per heavy atom. The van der Waals surface area contributed by atoms with E-state index < -0.39 is 11.5 Å². The van der Waals surface area contributed by atoms with Crippen molar-refractivity contribution >= 4 is 18.0 Å². The van der Waals surface area contributed by atoms with Crippen LogP contribution in [0.2, 0.25) is 0 Å². The third kappa shape index (κ3) is 4.18. The molecule has 2 fully saturated rings. The minimum Gasteiger partial charge on any atom is -0.469 e. The average molecular weight is 384 g/mol. The van der Waals surface area contributed by atoms with Crippen LogP contribution >= 0.6 is 0 Å². The monoisotopic (exact) mass is 384 g/mol. The second-order valence-electron chi connectivity index (χ2n) is 7.27. The van der Waals surface area contributed by atoms with E-state index in [1.807, 2.05) is 18.2 Å². The fraction of sp³-hybridized carbons (Fsp3) is 0.455. The second kappa shape index (κ2) is 9.17. The molecule has 0 aromatic heterocycles. The van der Waals surface area contributed by atoms with Crippen molar-refractivity contribution in [3.8, 4) is 0 Å². The number of carbonyl (C=O) groups excluding carboxylic acids is 2. The van der Waals surface area contributed by atoms with Crippen LogP contribution in [0.3, 0.4) is 0 Å². The van der Waals surface area contributed by atoms with Gasteiger partial charge in [-0.25, -0.2) is 5.06 Å². The van der Waals surface area contributed by atoms with E-state index in [9.17, 15) is 9.59 Å². The van der Waals surface area contributed by atoms with Gasteiger partial charge >= 0.3 is 5.97 Å². The predicted molar refractivity (Wildman–Crippen MR) is 107 cm³/mol. The van der Waals surface area contributed by atoms with Gasteiger partial charge in [-0.2, -0.15) is 0 Å². The Balaban J connectivity index is 1.66. The molecule has 0 saturated carbocycles. The molecule has 0 radical (unpaired) electrons. The van der Waals surface area contributed by atoms with Gasteiger partial charge in [-0.05, 0) is 18.4 Å². The van der Waals surface area contributed by atoms with Crippen LogP contribution < -0.4 is 0 Å². The summed E-state index contributed by atoms with van der Waals surface area (Å²) in [6.45, 7) is 6.29. The van der Waals surface area contributed by atoms with Crippen LogP contribution in [0.15, 0.2) is 49.1 Å². The lowest BCUT2D eigenvalue weighted by Crippen LogP contribution is -2.57. The predicted octanol–water partition coefficient (Wildman–Crippen LogP) is 2.67. The lowest BCUT2D eigenvalue weighted by molar-refractivity contribution is -0.217. The summed E-state index contributed by atoms with van der Waals surface area (Å²) < 4.78 is 4.99. The highest BCUT2D eigenvalue weighted by molar-refractivity contribution is 5.88. The quantitative estimate of drug-likeness (QED) is 0.534. The zero-order chi connectivity index (χ0) is 20.0. The molecule has 2 saturated heterocycles. The Morgan fingerprint density at radius 3 is 2.64 bits per heavy atom. The van der Waals surface area contributed by atoms with Crippen molar-refractivity contribution in [2.24, 2.45) is 5.92 Å². The number of amides is 1. The van der Waals surface area contributed by atoms with E-state index in [2.05, 4.69) is 35.8 Å². The molecule has 3 rings (SSSR count). The van der Waals surface area contributed by atoms with Crippen molar-refractivity contribution in [3.05, 3.63) is 54.6 Å². The van der Waals surface area contributed by atoms with Crippen molar-refractivity contribution in [1.29, 1.82) is 0 Å². The molecule has 6 nitrogen and oxygen atoms in total. The Bertz CT molecular complexity index is 723. The largest absolute Gasteiger partial charge is 0.469 e. The average Bonchev–Trinajstić information content (AvgIpc) is 2.99. The first-order chi connectivity index (χ1) is 13.6. The van der Waals surface area contributed by atoms with E-state index in [0.29, 0.717) is 12.8 Å². The second-order valence-corrected chi connectivity index (χ2v) is 7.27. The molecular formula is C22H28N2O4. The lowest BCUT2D eigenvalue weighted by atomic mass is 9.77. The van der Waals surface area contributed by atoms with Crippen LogP contribution in [0.5, 0.6) is 0 Å². The van der Waals surface area contributed by atoms with E-state index in [1.54, 1.807) is 6.08 Å². The van der Waals surface area contributed by atoms with Gasteiger partial charge in [0.15, 0.2) is 0 Å². The fourth-order valence-corrected chi connectivity index (χ4v) is 4.19. The number of hydrogen-bond donors (Lipinski definition) is 0. The van der Waals surface area contributed by atoms with Gasteiger partial charge < -0.3 is 4.74 Å². The Hall–Kier alpha value is -2.44. The molecule has 1 unspecified atom stereocenters. The molecule has 1 aromatic carbocycles. The van der Waals surface area contributed by atoms with Gasteiger partial charge in [0.1, 0.15) is 0 Å². The Labute approximate surface area is 166 Å². The summed E-state index contributed by atoms with van der Waals surface area (Å²) >= 11 is 0. The molecule has 1 aromatic rings. The highest BCUT2D eigenvalue weighted by Crippen LogP contribution is 2.44. The number of esters is 1. The number of carbonyl (C=O) groups is 2. The summed E-state index contributed by atoms with van der Waals surface area (Å²) in [5.41, 5.74) is 0.541. The molecule has 28 heavy (non-hydrogen) atoms. The number of ether oxygens (including phenoxy) is 1. The lowest BCUT2D eigenvalue weighted by Gasteiger charge is -2.45. The Kier molecular flexibility index (Phi) is 6.65. The van der Waals surface area contributed by atoms with Crippen LogP contribution in [0.25, 0.3) is 6.08 Å². The molecular weight excluding hydrogens is 356 g/mol. The number of benzene rings is 1. The first-order valence-electron chi connectivity index (χ1n) is 9.69. The first kappa shape index (κ1) is 20.3. The van der Waals surface area contributed by atoms with Crippen molar-refractivity contribution in [2.45, 2.75) is 24.8 Å². The van der Waals surface area contributed by atoms with Gasteiger partial charge in [-0.1, -0.05) is 48.6 Å². The molecule has 1 atom stereocenters. The molecule has 2 aliphatic rings. The number of piperidine rings is 1. The summed E-state index contributed by atoms with van der Waals surface area (Å²) in [4.78, 5) is 32.9. The highest BCUT2D eigenvalue weighted by atomic mass is 16.7. The van der Waals surface area contributed by atoms with Crippen LogP contribution in [0.4, 0.5) is 0 Å². The minimum absolute atomic E-state index is 0.137. The molecule has 0 bridgehead atoms. The van der Waals surface area contributed by atoms with Crippen molar-refractivity contribution < 1.29 is 19.2 Å². The van der Waals surface area contributed by atoms with E-state index in [4.69, 9.17) is 9.57 Å². The van der Waals surface area contributed by atoms with Gasteiger partial charge in [0.2, 0.25) is 5.91 Å². The summed E-state index contributed by atoms with van der Waals surface area (Å²) in [7, 11) is 1.37. The van der Waals surface area contributed by atoms with E-state index in [0.717, 1.165) is 19.6 Å². The fourth-order valence-electron chi connectivity index (χ4n) is 4.19. The van der Waals surface area contributed by atoms with Crippen molar-refractivity contribution in [2.75, 3.05) is 33.4 Å². The third-order valence-corrected chi connectivity index (χ3v) is 5.66. The zero-order valence-corrected chi connectivity index (χ0v) is 16.4. The van der Waals surface area contributed by atoms with Crippen LogP contribution in [-0.2, 0) is 19.2 Å². The molecule has 0 N–H and O–H groups in total. The number of methoxy groups -OCH3 is 1. The zero-order valence-electron chi connectivity index (χ0n) is 16.4. The standard InChI is InChI=1S/C22H28N2O4/c1-3-16-28-24-20(25)17-19(21(26)27-2)22(24)11-14-23(15-12-22)13-7-10-18-8-5-4-6-9-18/h3-10,19H,1,11-17H2,2H3/b10-7+. The molecule has 6 heteroatoms. The molecule has 2 aliphatic heterocycles. The highest BCUT2D eigenvalue weighted by Gasteiger charge is 2.58. The van der Waals surface area contributed by atoms with Crippen molar-refractivity contribution in [3.63, 3.8) is 0 Å². The summed E-state index contributed by atoms with van der Waals surface area (Å²) in [5, 5.41) is 1.44. The van der Waals surface area contributed by atoms with E-state index in [1.165, 1.54) is 17.7 Å². The summed E-state index contributed by atoms with van der Waals surface area (Å²) in [5.74, 6) is -0.984. The topological polar surface area (TPSA) is 59.1 Å². The minimum atomic E-state index is -0.632.